The average molecular weight is 315 g/mol. The molecule has 1 aromatic rings. The highest BCUT2D eigenvalue weighted by atomic mass is 79.9. The van der Waals surface area contributed by atoms with Crippen molar-refractivity contribution in [2.75, 3.05) is 30.4 Å². The molecular weight excluding hydrogens is 296 g/mol. The van der Waals surface area contributed by atoms with Gasteiger partial charge in [-0.15, -0.1) is 0 Å². The molecule has 18 heavy (non-hydrogen) atoms. The molecule has 6 heteroatoms. The number of rotatable bonds is 3. The van der Waals surface area contributed by atoms with E-state index in [2.05, 4.69) is 50.0 Å². The highest BCUT2D eigenvalue weighted by Gasteiger charge is 2.28. The van der Waals surface area contributed by atoms with Crippen LogP contribution in [0.5, 0.6) is 0 Å². The molecule has 2 atom stereocenters. The van der Waals surface area contributed by atoms with E-state index >= 15 is 0 Å². The molecule has 0 radical (unpaired) electrons. The largest absolute Gasteiger partial charge is 0.375 e. The van der Waals surface area contributed by atoms with Crippen LogP contribution < -0.4 is 10.2 Å². The lowest BCUT2D eigenvalue weighted by atomic mass is 10.1. The molecule has 1 aliphatic heterocycles. The van der Waals surface area contributed by atoms with Crippen LogP contribution >= 0.6 is 15.9 Å². The van der Waals surface area contributed by atoms with Crippen molar-refractivity contribution in [3.05, 3.63) is 10.8 Å². The molecule has 0 spiro atoms. The zero-order valence-corrected chi connectivity index (χ0v) is 12.6. The zero-order valence-electron chi connectivity index (χ0n) is 11.0. The molecule has 2 unspecified atom stereocenters. The van der Waals surface area contributed by atoms with E-state index in [0.717, 1.165) is 35.7 Å². The summed E-state index contributed by atoms with van der Waals surface area (Å²) in [5.41, 5.74) is 0. The Hall–Kier alpha value is -0.880. The van der Waals surface area contributed by atoms with Crippen LogP contribution in [0.15, 0.2) is 10.8 Å². The predicted molar refractivity (Wildman–Crippen MR) is 76.1 cm³/mol. The minimum absolute atomic E-state index is 0.229. The Morgan fingerprint density at radius 2 is 2.33 bits per heavy atom. The topological polar surface area (TPSA) is 50.3 Å². The van der Waals surface area contributed by atoms with E-state index in [0.29, 0.717) is 6.04 Å². The second kappa shape index (κ2) is 5.84. The van der Waals surface area contributed by atoms with Crippen molar-refractivity contribution >= 4 is 27.6 Å². The summed E-state index contributed by atoms with van der Waals surface area (Å²) in [6.07, 6.45) is 2.87. The van der Waals surface area contributed by atoms with Gasteiger partial charge < -0.3 is 15.0 Å². The van der Waals surface area contributed by atoms with Crippen molar-refractivity contribution in [1.29, 1.82) is 0 Å². The van der Waals surface area contributed by atoms with Gasteiger partial charge in [-0.05, 0) is 29.3 Å². The number of morpholine rings is 1. The van der Waals surface area contributed by atoms with Gasteiger partial charge in [0.15, 0.2) is 0 Å². The lowest BCUT2D eigenvalue weighted by molar-refractivity contribution is 0.0295. The van der Waals surface area contributed by atoms with E-state index in [9.17, 15) is 0 Å². The van der Waals surface area contributed by atoms with E-state index in [1.54, 1.807) is 6.33 Å². The van der Waals surface area contributed by atoms with Gasteiger partial charge in [-0.1, -0.05) is 6.92 Å². The van der Waals surface area contributed by atoms with Crippen LogP contribution in [0, 0.1) is 0 Å². The fourth-order valence-corrected chi connectivity index (χ4v) is 2.81. The van der Waals surface area contributed by atoms with Gasteiger partial charge in [-0.3, -0.25) is 0 Å². The smallest absolute Gasteiger partial charge is 0.148 e. The molecule has 2 heterocycles. The molecular formula is C12H19BrN4O. The molecule has 0 amide bonds. The first-order valence-corrected chi connectivity index (χ1v) is 7.03. The minimum atomic E-state index is 0.229. The highest BCUT2D eigenvalue weighted by molar-refractivity contribution is 9.10. The summed E-state index contributed by atoms with van der Waals surface area (Å²) in [7, 11) is 1.86. The molecule has 1 aromatic heterocycles. The molecule has 5 nitrogen and oxygen atoms in total. The molecule has 0 aromatic carbocycles. The first kappa shape index (κ1) is 13.5. The van der Waals surface area contributed by atoms with E-state index < -0.39 is 0 Å². The first-order chi connectivity index (χ1) is 8.67. The van der Waals surface area contributed by atoms with Gasteiger partial charge in [0.25, 0.3) is 0 Å². The third-order valence-corrected chi connectivity index (χ3v) is 3.95. The Labute approximate surface area is 116 Å². The summed E-state index contributed by atoms with van der Waals surface area (Å²) in [5, 5.41) is 3.06. The summed E-state index contributed by atoms with van der Waals surface area (Å²) in [6, 6.07) is 0.372. The number of hydrogen-bond acceptors (Lipinski definition) is 5. The number of aromatic nitrogens is 2. The first-order valence-electron chi connectivity index (χ1n) is 6.23. The minimum Gasteiger partial charge on any atom is -0.375 e. The van der Waals surface area contributed by atoms with Gasteiger partial charge in [0.05, 0.1) is 18.8 Å². The summed E-state index contributed by atoms with van der Waals surface area (Å²) < 4.78 is 6.63. The van der Waals surface area contributed by atoms with Crippen molar-refractivity contribution in [2.24, 2.45) is 0 Å². The highest BCUT2D eigenvalue weighted by Crippen LogP contribution is 2.32. The van der Waals surface area contributed by atoms with Gasteiger partial charge in [-0.2, -0.15) is 0 Å². The van der Waals surface area contributed by atoms with Gasteiger partial charge in [0.2, 0.25) is 0 Å². The van der Waals surface area contributed by atoms with E-state index in [4.69, 9.17) is 4.74 Å². The summed E-state index contributed by atoms with van der Waals surface area (Å²) in [5.74, 6) is 1.75. The number of hydrogen-bond donors (Lipinski definition) is 1. The number of nitrogens with zero attached hydrogens (tertiary/aromatic N) is 3. The molecule has 100 valence electrons. The average Bonchev–Trinajstić information content (AvgIpc) is 2.39. The van der Waals surface area contributed by atoms with Gasteiger partial charge in [0.1, 0.15) is 22.4 Å². The zero-order chi connectivity index (χ0) is 13.1. The van der Waals surface area contributed by atoms with Crippen molar-refractivity contribution < 1.29 is 4.74 Å². The molecule has 1 fully saturated rings. The van der Waals surface area contributed by atoms with E-state index in [-0.39, 0.29) is 6.10 Å². The van der Waals surface area contributed by atoms with Gasteiger partial charge >= 0.3 is 0 Å². The van der Waals surface area contributed by atoms with Gasteiger partial charge in [-0.25, -0.2) is 9.97 Å². The van der Waals surface area contributed by atoms with Crippen molar-refractivity contribution in [3.63, 3.8) is 0 Å². The lowest BCUT2D eigenvalue weighted by Gasteiger charge is -2.39. The number of halogens is 1. The van der Waals surface area contributed by atoms with Crippen LogP contribution in [0.1, 0.15) is 20.3 Å². The monoisotopic (exact) mass is 314 g/mol. The maximum Gasteiger partial charge on any atom is 0.148 e. The normalized spacial score (nSPS) is 24.1. The second-order valence-corrected chi connectivity index (χ2v) is 5.26. The Morgan fingerprint density at radius 1 is 1.56 bits per heavy atom. The second-order valence-electron chi connectivity index (χ2n) is 4.47. The third-order valence-electron chi connectivity index (χ3n) is 3.22. The van der Waals surface area contributed by atoms with E-state index in [1.165, 1.54) is 0 Å². The maximum absolute atomic E-state index is 5.71. The Bertz CT molecular complexity index is 415. The van der Waals surface area contributed by atoms with Crippen LogP contribution in [0.2, 0.25) is 0 Å². The third kappa shape index (κ3) is 2.59. The van der Waals surface area contributed by atoms with E-state index in [1.807, 2.05) is 7.05 Å². The number of ether oxygens (including phenoxy) is 1. The van der Waals surface area contributed by atoms with Crippen molar-refractivity contribution in [2.45, 2.75) is 32.4 Å². The molecule has 0 saturated carbocycles. The quantitative estimate of drug-likeness (QED) is 0.927. The fraction of sp³-hybridized carbons (Fsp3) is 0.667. The summed E-state index contributed by atoms with van der Waals surface area (Å²) in [4.78, 5) is 10.9. The van der Waals surface area contributed by atoms with Crippen LogP contribution in [0.3, 0.4) is 0 Å². The van der Waals surface area contributed by atoms with Crippen LogP contribution in [-0.2, 0) is 4.74 Å². The Balaban J connectivity index is 2.33. The van der Waals surface area contributed by atoms with Gasteiger partial charge in [0, 0.05) is 13.6 Å². The number of nitrogens with one attached hydrogen (secondary N) is 1. The molecule has 1 N–H and O–H groups in total. The fourth-order valence-electron chi connectivity index (χ4n) is 2.18. The SMILES string of the molecule is CCC1COC(C)CN1c1ncnc(NC)c1Br. The lowest BCUT2D eigenvalue weighted by Crippen LogP contribution is -2.49. The molecule has 2 rings (SSSR count). The van der Waals surface area contributed by atoms with Crippen LogP contribution in [0.4, 0.5) is 11.6 Å². The van der Waals surface area contributed by atoms with Crippen LogP contribution in [0.25, 0.3) is 0 Å². The summed E-state index contributed by atoms with van der Waals surface area (Å²) >= 11 is 3.58. The van der Waals surface area contributed by atoms with Crippen molar-refractivity contribution in [3.8, 4) is 0 Å². The molecule has 0 bridgehead atoms. The molecule has 0 aliphatic carbocycles. The maximum atomic E-state index is 5.71. The van der Waals surface area contributed by atoms with Crippen LogP contribution in [-0.4, -0.2) is 42.3 Å². The Kier molecular flexibility index (Phi) is 4.40. The predicted octanol–water partition coefficient (Wildman–Crippen LogP) is 2.28. The number of anilines is 2. The standard InChI is InChI=1S/C12H19BrN4O/c1-4-9-6-18-8(2)5-17(9)12-10(13)11(14-3)15-7-16-12/h7-9H,4-6H2,1-3H3,(H,14,15,16). The molecule has 1 aliphatic rings. The molecule has 1 saturated heterocycles. The summed E-state index contributed by atoms with van der Waals surface area (Å²) in [6.45, 7) is 5.87. The Morgan fingerprint density at radius 3 is 3.00 bits per heavy atom. The van der Waals surface area contributed by atoms with Crippen molar-refractivity contribution in [1.82, 2.24) is 9.97 Å².